The van der Waals surface area contributed by atoms with Crippen LogP contribution in [0, 0.1) is 10.1 Å². The minimum atomic E-state index is 0.173. The first-order valence-corrected chi connectivity index (χ1v) is 8.52. The lowest BCUT2D eigenvalue weighted by Crippen LogP contribution is -2.16. The smallest absolute Gasteiger partial charge is 0.306 e. The van der Waals surface area contributed by atoms with Gasteiger partial charge in [-0.15, -0.1) is 0 Å². The van der Waals surface area contributed by atoms with Gasteiger partial charge in [-0.05, 0) is 36.4 Å². The highest BCUT2D eigenvalue weighted by Crippen LogP contribution is 2.12. The van der Waals surface area contributed by atoms with E-state index in [1.807, 2.05) is 0 Å². The highest BCUT2D eigenvalue weighted by atomic mass is 16.5. The third-order valence-corrected chi connectivity index (χ3v) is 4.29. The molecule has 8 bridgehead atoms. The Balaban J connectivity index is 2.11. The van der Waals surface area contributed by atoms with E-state index in [4.69, 9.17) is 0 Å². The maximum atomic E-state index is 12.8. The standard InChI is InChI=1S/C20H12N6O2/c27-25-17-9-1-5-13(21-17)14-6-2-11-19(22-14)26(28)20-12-4-8-16(24-20)15-7-3-10-18(25)23-15/h1-12H. The summed E-state index contributed by atoms with van der Waals surface area (Å²) in [6, 6.07) is 20.2. The summed E-state index contributed by atoms with van der Waals surface area (Å²) in [5.41, 5.74) is 2.59. The minimum absolute atomic E-state index is 0.173. The van der Waals surface area contributed by atoms with Crippen molar-refractivity contribution in [3.8, 4) is 0 Å². The van der Waals surface area contributed by atoms with Crippen molar-refractivity contribution in [3.63, 3.8) is 0 Å². The Morgan fingerprint density at radius 2 is 1.00 bits per heavy atom. The molecule has 0 saturated carbocycles. The zero-order chi connectivity index (χ0) is 19.1. The van der Waals surface area contributed by atoms with E-state index in [-0.39, 0.29) is 22.6 Å². The van der Waals surface area contributed by atoms with Gasteiger partial charge in [-0.3, -0.25) is 0 Å². The van der Waals surface area contributed by atoms with E-state index in [2.05, 4.69) is 19.9 Å². The van der Waals surface area contributed by atoms with E-state index >= 15 is 0 Å². The Bertz CT molecular complexity index is 1400. The summed E-state index contributed by atoms with van der Waals surface area (Å²) < 4.78 is 1.32. The van der Waals surface area contributed by atoms with Crippen LogP contribution >= 0.6 is 0 Å². The second kappa shape index (κ2) is 6.20. The molecule has 0 unspecified atom stereocenters. The molecule has 5 aromatic heterocycles. The Morgan fingerprint density at radius 3 is 1.46 bits per heavy atom. The lowest BCUT2D eigenvalue weighted by Gasteiger charge is -2.11. The summed E-state index contributed by atoms with van der Waals surface area (Å²) in [5.74, 6) is 0. The highest BCUT2D eigenvalue weighted by molar-refractivity contribution is 5.78. The second-order valence-electron chi connectivity index (χ2n) is 6.11. The van der Waals surface area contributed by atoms with Crippen molar-refractivity contribution in [2.24, 2.45) is 0 Å². The van der Waals surface area contributed by atoms with Crippen LogP contribution in [0.2, 0.25) is 0 Å². The number of hydrogen-bond acceptors (Lipinski definition) is 6. The molecule has 5 rings (SSSR count). The normalized spacial score (nSPS) is 11.1. The SMILES string of the molecule is O=[n+]1c2cccc(n2)c2cccc(n2)n([O-])c2cccc(n2)c2cccc1n2. The first-order valence-electron chi connectivity index (χ1n) is 8.52. The molecular weight excluding hydrogens is 356 g/mol. The molecule has 8 nitrogen and oxygen atoms in total. The van der Waals surface area contributed by atoms with E-state index in [1.54, 1.807) is 72.8 Å². The Kier molecular flexibility index (Phi) is 3.55. The molecule has 134 valence electrons. The molecule has 0 aromatic carbocycles. The summed E-state index contributed by atoms with van der Waals surface area (Å²) in [6.07, 6.45) is 0. The van der Waals surface area contributed by atoms with Crippen LogP contribution in [-0.2, 0) is 0 Å². The molecule has 0 radical (unpaired) electrons. The van der Waals surface area contributed by atoms with Crippen LogP contribution in [0.3, 0.4) is 0 Å². The van der Waals surface area contributed by atoms with Gasteiger partial charge in [0.05, 0.1) is 0 Å². The molecule has 0 atom stereocenters. The van der Waals surface area contributed by atoms with E-state index in [1.165, 1.54) is 0 Å². The van der Waals surface area contributed by atoms with E-state index in [9.17, 15) is 10.1 Å². The van der Waals surface area contributed by atoms with E-state index in [0.29, 0.717) is 31.2 Å². The number of rotatable bonds is 0. The van der Waals surface area contributed by atoms with Crippen molar-refractivity contribution in [1.29, 1.82) is 0 Å². The van der Waals surface area contributed by atoms with Crippen LogP contribution < -0.4 is 4.43 Å². The fourth-order valence-corrected chi connectivity index (χ4v) is 2.95. The molecule has 8 heteroatoms. The zero-order valence-corrected chi connectivity index (χ0v) is 14.4. The van der Waals surface area contributed by atoms with Gasteiger partial charge in [0.15, 0.2) is 11.0 Å². The molecule has 0 aliphatic heterocycles. The van der Waals surface area contributed by atoms with Crippen LogP contribution in [0.1, 0.15) is 0 Å². The summed E-state index contributed by atoms with van der Waals surface area (Å²) >= 11 is 0. The molecule has 0 N–H and O–H groups in total. The molecule has 0 aliphatic carbocycles. The summed E-state index contributed by atoms with van der Waals surface area (Å²) in [6.45, 7) is 0. The van der Waals surface area contributed by atoms with Crippen molar-refractivity contribution in [1.82, 2.24) is 24.7 Å². The fraction of sp³-hybridized carbons (Fsp3) is 0. The first-order chi connectivity index (χ1) is 13.7. The average molecular weight is 368 g/mol. The third-order valence-electron chi connectivity index (χ3n) is 4.29. The van der Waals surface area contributed by atoms with Crippen LogP contribution in [-0.4, -0.2) is 24.7 Å². The topological polar surface area (TPSA) is 103 Å². The fourth-order valence-electron chi connectivity index (χ4n) is 2.95. The number of fused-ring (bicyclic) bond motifs is 10. The predicted octanol–water partition coefficient (Wildman–Crippen LogP) is 3.07. The molecule has 0 saturated heterocycles. The van der Waals surface area contributed by atoms with Gasteiger partial charge in [0, 0.05) is 16.6 Å². The molecule has 5 aromatic rings. The van der Waals surface area contributed by atoms with Crippen molar-refractivity contribution in [2.45, 2.75) is 0 Å². The van der Waals surface area contributed by atoms with Gasteiger partial charge in [0.25, 0.3) is 0 Å². The lowest BCUT2D eigenvalue weighted by atomic mass is 10.3. The molecule has 0 spiro atoms. The van der Waals surface area contributed by atoms with Crippen molar-refractivity contribution >= 4 is 44.7 Å². The molecule has 5 heterocycles. The predicted molar refractivity (Wildman–Crippen MR) is 105 cm³/mol. The van der Waals surface area contributed by atoms with Crippen LogP contribution in [0.5, 0.6) is 0 Å². The van der Waals surface area contributed by atoms with Gasteiger partial charge < -0.3 is 9.94 Å². The van der Waals surface area contributed by atoms with Crippen molar-refractivity contribution in [2.75, 3.05) is 0 Å². The molecular formula is C20H12N6O2. The monoisotopic (exact) mass is 368 g/mol. The maximum absolute atomic E-state index is 12.8. The average Bonchev–Trinajstić information content (AvgIpc) is 2.78. The van der Waals surface area contributed by atoms with Crippen LogP contribution in [0.4, 0.5) is 0 Å². The number of hydrogen-bond donors (Lipinski definition) is 0. The van der Waals surface area contributed by atoms with Gasteiger partial charge >= 0.3 is 11.3 Å². The van der Waals surface area contributed by atoms with Gasteiger partial charge in [0.1, 0.15) is 22.3 Å². The van der Waals surface area contributed by atoms with Gasteiger partial charge in [-0.25, -0.2) is 9.97 Å². The lowest BCUT2D eigenvalue weighted by molar-refractivity contribution is -0.439. The van der Waals surface area contributed by atoms with Crippen LogP contribution in [0.15, 0.2) is 72.8 Å². The number of pyridine rings is 4. The van der Waals surface area contributed by atoms with Crippen LogP contribution in [0.25, 0.3) is 44.7 Å². The van der Waals surface area contributed by atoms with Gasteiger partial charge in [0.2, 0.25) is 0 Å². The Labute approximate surface area is 157 Å². The van der Waals surface area contributed by atoms with Gasteiger partial charge in [-0.2, -0.15) is 0 Å². The molecule has 0 aliphatic rings. The largest absolute Gasteiger partial charge is 0.803 e. The van der Waals surface area contributed by atoms with E-state index < -0.39 is 0 Å². The Morgan fingerprint density at radius 1 is 0.607 bits per heavy atom. The minimum Gasteiger partial charge on any atom is -0.803 e. The summed E-state index contributed by atoms with van der Waals surface area (Å²) in [7, 11) is 0. The van der Waals surface area contributed by atoms with E-state index in [0.717, 1.165) is 0 Å². The zero-order valence-electron chi connectivity index (χ0n) is 14.4. The maximum Gasteiger partial charge on any atom is 0.306 e. The first kappa shape index (κ1) is 16.0. The summed E-state index contributed by atoms with van der Waals surface area (Å²) in [4.78, 5) is 30.4. The van der Waals surface area contributed by atoms with Gasteiger partial charge in [-0.1, -0.05) is 39.1 Å². The summed E-state index contributed by atoms with van der Waals surface area (Å²) in [5, 5.41) is 12.8. The number of aromatic nitrogens is 6. The molecule has 28 heavy (non-hydrogen) atoms. The van der Waals surface area contributed by atoms with Crippen molar-refractivity contribution < 1.29 is 4.43 Å². The molecule has 0 amide bonds. The Hall–Kier alpha value is -4.20. The van der Waals surface area contributed by atoms with Crippen molar-refractivity contribution in [3.05, 3.63) is 82.9 Å². The number of nitrogens with zero attached hydrogens (tertiary/aromatic N) is 6. The highest BCUT2D eigenvalue weighted by Gasteiger charge is 2.06. The third kappa shape index (κ3) is 2.64. The molecule has 0 fully saturated rings. The second-order valence-corrected chi connectivity index (χ2v) is 6.11. The quantitative estimate of drug-likeness (QED) is 0.389.